The van der Waals surface area contributed by atoms with Crippen molar-refractivity contribution in [1.82, 2.24) is 0 Å². The maximum absolute atomic E-state index is 9.25. The third-order valence-corrected chi connectivity index (χ3v) is 0.175. The van der Waals surface area contributed by atoms with E-state index in [1.165, 1.54) is 0 Å². The molecule has 0 unspecified atom stereocenters. The predicted octanol–water partition coefficient (Wildman–Crippen LogP) is -1.58. The van der Waals surface area contributed by atoms with E-state index in [-0.39, 0.29) is 75.5 Å². The number of carboxylic acids is 1. The number of rotatable bonds is 1. The number of aliphatic carboxylic acids is 1. The van der Waals surface area contributed by atoms with E-state index in [1.54, 1.807) is 0 Å². The molecule has 0 aromatic carbocycles. The second kappa shape index (κ2) is 10.7. The Bertz CT molecular complexity index is 62.0. The second-order valence-corrected chi connectivity index (χ2v) is 0.542. The van der Waals surface area contributed by atoms with Gasteiger partial charge < -0.3 is 5.11 Å². The van der Waals surface area contributed by atoms with Crippen LogP contribution in [0.15, 0.2) is 12.7 Å². The molecule has 2 nitrogen and oxygen atoms in total. The Balaban J connectivity index is -0.0000000800. The average Bonchev–Trinajstić information content (AvgIpc) is 1.38. The summed E-state index contributed by atoms with van der Waals surface area (Å²) in [5, 5.41) is 7.60. The Morgan fingerprint density at radius 2 is 1.71 bits per heavy atom. The molecule has 0 bridgehead atoms. The third kappa shape index (κ3) is 18.2. The van der Waals surface area contributed by atoms with Crippen molar-refractivity contribution < 1.29 is 9.90 Å². The van der Waals surface area contributed by atoms with E-state index in [0.29, 0.717) is 0 Å². The first-order chi connectivity index (χ1) is 2.27. The van der Waals surface area contributed by atoms with Gasteiger partial charge in [0.1, 0.15) is 0 Å². The first-order valence-corrected chi connectivity index (χ1v) is 1.12. The third-order valence-electron chi connectivity index (χ3n) is 0.175. The van der Waals surface area contributed by atoms with Crippen molar-refractivity contribution in [3.63, 3.8) is 0 Å². The number of carbonyl (C=O) groups is 1. The fraction of sp³-hybridized carbons (Fsp3) is 0. The van der Waals surface area contributed by atoms with Gasteiger partial charge >= 0.3 is 81.4 Å². The zero-order valence-corrected chi connectivity index (χ0v) is 2.64. The average molecular weight is 156 g/mol. The minimum absolute atomic E-state index is 0. The topological polar surface area (TPSA) is 37.3 Å². The molecule has 0 radical (unpaired) electrons. The normalized spacial score (nSPS) is 4.57. The van der Waals surface area contributed by atoms with Crippen LogP contribution in [0.2, 0.25) is 0 Å². The van der Waals surface area contributed by atoms with Crippen LogP contribution in [0.5, 0.6) is 0 Å². The molecule has 0 saturated heterocycles. The van der Waals surface area contributed by atoms with Crippen LogP contribution in [0.3, 0.4) is 0 Å². The molecule has 1 N–H and O–H groups in total. The Morgan fingerprint density at radius 1 is 1.57 bits per heavy atom. The van der Waals surface area contributed by atoms with E-state index in [0.717, 1.165) is 6.08 Å². The Labute approximate surface area is 102 Å². The Morgan fingerprint density at radius 3 is 1.71 bits per heavy atom. The fourth-order valence-corrected chi connectivity index (χ4v) is 0. The fourth-order valence-electron chi connectivity index (χ4n) is 0. The van der Waals surface area contributed by atoms with Gasteiger partial charge in [0.2, 0.25) is 0 Å². The molecule has 0 aliphatic rings. The molecule has 0 spiro atoms. The standard InChI is InChI=1S/C3H4O2.2Ca.4H/c1-2-3(4)5;;;;;;/h2H,1H2,(H,4,5);;;;;;. The van der Waals surface area contributed by atoms with Gasteiger partial charge in [-0.2, -0.15) is 0 Å². The van der Waals surface area contributed by atoms with Crippen molar-refractivity contribution in [3.8, 4) is 0 Å². The number of hydrogen-bond donors (Lipinski definition) is 1. The van der Waals surface area contributed by atoms with Crippen LogP contribution < -0.4 is 0 Å². The molecule has 4 heteroatoms. The summed E-state index contributed by atoms with van der Waals surface area (Å²) in [6.07, 6.45) is 0.833. The molecular weight excluding hydrogens is 148 g/mol. The predicted molar refractivity (Wildman–Crippen MR) is 34.9 cm³/mol. The van der Waals surface area contributed by atoms with Crippen molar-refractivity contribution in [2.75, 3.05) is 0 Å². The summed E-state index contributed by atoms with van der Waals surface area (Å²) >= 11 is 0. The summed E-state index contributed by atoms with van der Waals surface area (Å²) < 4.78 is 0. The van der Waals surface area contributed by atoms with E-state index in [2.05, 4.69) is 6.58 Å². The van der Waals surface area contributed by atoms with Gasteiger partial charge in [-0.25, -0.2) is 4.79 Å². The monoisotopic (exact) mass is 156 g/mol. The molecule has 0 aliphatic carbocycles. The van der Waals surface area contributed by atoms with E-state index in [4.69, 9.17) is 5.11 Å². The van der Waals surface area contributed by atoms with Crippen LogP contribution >= 0.6 is 0 Å². The van der Waals surface area contributed by atoms with Crippen molar-refractivity contribution >= 4 is 81.4 Å². The SMILES string of the molecule is C=CC(=O)O.[CaH2].[CaH2]. The maximum atomic E-state index is 9.25. The van der Waals surface area contributed by atoms with E-state index in [1.807, 2.05) is 0 Å². The second-order valence-electron chi connectivity index (χ2n) is 0.542. The van der Waals surface area contributed by atoms with Crippen LogP contribution in [0.4, 0.5) is 0 Å². The molecule has 0 fully saturated rings. The van der Waals surface area contributed by atoms with Crippen LogP contribution in [0.25, 0.3) is 0 Å². The summed E-state index contributed by atoms with van der Waals surface area (Å²) in [5.41, 5.74) is 0. The van der Waals surface area contributed by atoms with E-state index in [9.17, 15) is 4.79 Å². The minimum atomic E-state index is -0.981. The molecule has 0 atom stereocenters. The molecule has 0 saturated carbocycles. The van der Waals surface area contributed by atoms with Gasteiger partial charge in [0.05, 0.1) is 0 Å². The van der Waals surface area contributed by atoms with Gasteiger partial charge in [0.15, 0.2) is 0 Å². The van der Waals surface area contributed by atoms with Crippen molar-refractivity contribution in [2.24, 2.45) is 0 Å². The molecule has 0 aliphatic heterocycles. The van der Waals surface area contributed by atoms with Gasteiger partial charge in [-0.1, -0.05) is 6.58 Å². The van der Waals surface area contributed by atoms with Gasteiger partial charge in [-0.05, 0) is 0 Å². The van der Waals surface area contributed by atoms with Gasteiger partial charge in [0.25, 0.3) is 0 Å². The van der Waals surface area contributed by atoms with E-state index >= 15 is 0 Å². The summed E-state index contributed by atoms with van der Waals surface area (Å²) in [6.45, 7) is 2.96. The molecule has 0 heterocycles. The molecule has 0 aromatic rings. The summed E-state index contributed by atoms with van der Waals surface area (Å²) in [7, 11) is 0. The van der Waals surface area contributed by atoms with Crippen LogP contribution in [-0.4, -0.2) is 86.6 Å². The molecule has 0 amide bonds. The summed E-state index contributed by atoms with van der Waals surface area (Å²) in [4.78, 5) is 9.25. The first kappa shape index (κ1) is 15.9. The molecule has 36 valence electrons. The van der Waals surface area contributed by atoms with Crippen LogP contribution in [0.1, 0.15) is 0 Å². The van der Waals surface area contributed by atoms with Crippen molar-refractivity contribution in [3.05, 3.63) is 12.7 Å². The zero-order chi connectivity index (χ0) is 4.28. The van der Waals surface area contributed by atoms with Crippen molar-refractivity contribution in [2.45, 2.75) is 0 Å². The molecule has 0 aromatic heterocycles. The quantitative estimate of drug-likeness (QED) is 0.368. The first-order valence-electron chi connectivity index (χ1n) is 1.12. The van der Waals surface area contributed by atoms with Gasteiger partial charge in [-0.3, -0.25) is 0 Å². The molecule has 0 rings (SSSR count). The van der Waals surface area contributed by atoms with Crippen LogP contribution in [-0.2, 0) is 4.79 Å². The van der Waals surface area contributed by atoms with Gasteiger partial charge in [0, 0.05) is 6.08 Å². The number of carboxylic acid groups (broad SMARTS) is 1. The Kier molecular flexibility index (Phi) is 24.2. The number of hydrogen-bond acceptors (Lipinski definition) is 1. The summed E-state index contributed by atoms with van der Waals surface area (Å²) in [6, 6.07) is 0. The van der Waals surface area contributed by atoms with Crippen LogP contribution in [0, 0.1) is 0 Å². The molecular formula is C3H8Ca2O2. The Hall–Kier alpha value is 1.73. The zero-order valence-electron chi connectivity index (χ0n) is 2.64. The summed E-state index contributed by atoms with van der Waals surface area (Å²) in [5.74, 6) is -0.981. The van der Waals surface area contributed by atoms with Gasteiger partial charge in [-0.15, -0.1) is 0 Å². The van der Waals surface area contributed by atoms with E-state index < -0.39 is 5.97 Å². The molecule has 7 heavy (non-hydrogen) atoms. The van der Waals surface area contributed by atoms with Crippen molar-refractivity contribution in [1.29, 1.82) is 0 Å².